The van der Waals surface area contributed by atoms with Crippen molar-refractivity contribution in [3.05, 3.63) is 121 Å². The second-order valence-corrected chi connectivity index (χ2v) is 34.1. The standard InChI is InChI=1S/C33H44N9O18P3.C31H43N8O19P3/c1-21(43)6-4-11-37-33(45)22-7-3-9-24(14-22)56-19-28(40-41-35)55-13-12-54-18-27(44)36-10-5-8-23-16-42(32-30(23)31(34)38-20-39-32)29-15-25(53-2)26(58-29)17-57-62(49,50)60-63(51,52)59-61(46,47)48;1-20(40)6-4-11-35-30(42)21-7-3-9-23(14-21)54-19-27(37-38-33)53-13-12-52-18-26(41)34-10-5-8-22-16-39(31(43)36-29(22)32)28-15-24(51-2)25(56-28)17-55-60(47,48)58-61(49,50)57-59(44,45)46/h3,7,9,14,16,20,25-26,28-29H,4,6,10-13,15,17-19H2,1-2H3,(H,36,44)(H,37,45)(H,49,50)(H,51,52)(H2,34,38,39)(H2,46,47,48);3,7,9,14,16,24-25,27-28H,4,6,10-13,15,17-19H2,1-2H3,(H,34,41)(H,35,42)(H,47,48)(H,49,50)(H2,32,36,43)(H2,44,45,46)/p-1/t25-,26+,28?,29?;24-,25+,27?,28+/m01/s1. The summed E-state index contributed by atoms with van der Waals surface area (Å²) in [5.41, 5.74) is 30.3. The molecule has 2 aliphatic rings. The molecule has 0 saturated carbocycles. The van der Waals surface area contributed by atoms with Crippen LogP contribution in [0.1, 0.15) is 96.7 Å². The second-order valence-electron chi connectivity index (χ2n) is 25.3. The number of nitrogens with two attached hydrogens (primary N) is 2. The molecule has 60 heteroatoms. The highest BCUT2D eigenvalue weighted by Gasteiger charge is 2.45. The first-order chi connectivity index (χ1) is 58.5. The predicted molar refractivity (Wildman–Crippen MR) is 418 cm³/mol. The molecule has 680 valence electrons. The lowest BCUT2D eigenvalue weighted by molar-refractivity contribution is -0.212. The molecule has 7 rings (SSSR count). The number of fused-ring (bicyclic) bond motifs is 1. The molecular formula is C64H86N17O37P6-. The number of rotatable bonds is 50. The van der Waals surface area contributed by atoms with Gasteiger partial charge in [-0.2, -0.15) is 17.9 Å². The van der Waals surface area contributed by atoms with Crippen LogP contribution in [0, 0.1) is 23.7 Å². The number of nitrogens with zero attached hydrogens (tertiary/aromatic N) is 11. The van der Waals surface area contributed by atoms with Gasteiger partial charge in [0.25, 0.3) is 19.6 Å². The maximum Gasteiger partial charge on any atom is 0.490 e. The number of methoxy groups -OCH3 is 2. The highest BCUT2D eigenvalue weighted by Crippen LogP contribution is 2.67. The molecule has 2 aliphatic heterocycles. The minimum Gasteiger partial charge on any atom is -0.756 e. The van der Waals surface area contributed by atoms with Crippen molar-refractivity contribution >= 4 is 105 Å². The Balaban J connectivity index is 0.000000384. The van der Waals surface area contributed by atoms with Crippen molar-refractivity contribution < 1.29 is 169 Å². The Morgan fingerprint density at radius 3 is 1.52 bits per heavy atom. The van der Waals surface area contributed by atoms with E-state index in [9.17, 15) is 85.4 Å². The number of Topliss-reactive ketones (excluding diaryl/α,β-unsaturated/α-hetero) is 2. The van der Waals surface area contributed by atoms with Crippen LogP contribution >= 0.6 is 46.9 Å². The smallest absolute Gasteiger partial charge is 0.490 e. The fraction of sp³-hybridized carbons (Fsp3) is 0.500. The summed E-state index contributed by atoms with van der Waals surface area (Å²) in [4.78, 5) is 177. The number of carbonyl (C=O) groups is 6. The normalized spacial score (nSPS) is 19.0. The van der Waals surface area contributed by atoms with Crippen LogP contribution in [-0.2, 0) is 111 Å². The molecule has 13 atom stereocenters. The molecule has 5 aromatic rings. The minimum atomic E-state index is -5.85. The van der Waals surface area contributed by atoms with E-state index in [2.05, 4.69) is 102 Å². The molecule has 2 saturated heterocycles. The van der Waals surface area contributed by atoms with Crippen LogP contribution < -0.4 is 52.8 Å². The Hall–Kier alpha value is -9.40. The predicted octanol–water partition coefficient (Wildman–Crippen LogP) is 2.13. The molecule has 124 heavy (non-hydrogen) atoms. The van der Waals surface area contributed by atoms with Crippen molar-refractivity contribution in [2.24, 2.45) is 10.2 Å². The minimum absolute atomic E-state index is 0.0259. The summed E-state index contributed by atoms with van der Waals surface area (Å²) >= 11 is 0. The van der Waals surface area contributed by atoms with Crippen LogP contribution in [-0.4, -0.2) is 237 Å². The summed E-state index contributed by atoms with van der Waals surface area (Å²) < 4.78 is 151. The SMILES string of the molecule is CO[C@@H]1C[C@@H](n2cc(C#CCNC(=O)COCCOC(COc3cccc(C(=O)NCCCC(C)=O)c3)N=[N+]=[N-])c(N)nc2=O)O[C@H]1COP(=O)(O)OP(=O)(O)OP(=O)([O-])O.CO[C@H]1CC(n2cc(C#CCNC(=O)COCCOC(COc3cccc(C(=O)NCCCC(C)=O)c3)N=[N+]=[N-])c3c(N)ncnc32)O[C@@H]1COP(=O)(O)OP(=O)(O)OP(=O)(O)O. The molecule has 54 nitrogen and oxygen atoms in total. The Morgan fingerprint density at radius 2 is 1.07 bits per heavy atom. The topological polar surface area (TPSA) is 780 Å². The lowest BCUT2D eigenvalue weighted by Crippen LogP contribution is -2.29. The van der Waals surface area contributed by atoms with E-state index in [4.69, 9.17) is 89.1 Å². The number of benzene rings is 2. The van der Waals surface area contributed by atoms with Crippen molar-refractivity contribution in [1.29, 1.82) is 0 Å². The number of phosphoric ester groups is 2. The maximum atomic E-state index is 12.7. The van der Waals surface area contributed by atoms with Crippen molar-refractivity contribution in [3.63, 3.8) is 0 Å². The highest BCUT2D eigenvalue weighted by atomic mass is 31.3. The molecule has 3 aromatic heterocycles. The molecule has 0 aliphatic carbocycles. The van der Waals surface area contributed by atoms with Gasteiger partial charge in [-0.3, -0.25) is 37.4 Å². The maximum absolute atomic E-state index is 12.7. The quantitative estimate of drug-likeness (QED) is 0.00662. The molecule has 4 amide bonds. The molecule has 2 fully saturated rings. The molecule has 0 radical (unpaired) electrons. The van der Waals surface area contributed by atoms with Gasteiger partial charge in [0.2, 0.25) is 11.8 Å². The van der Waals surface area contributed by atoms with Gasteiger partial charge in [0.15, 0.2) is 12.5 Å². The Kier molecular flexibility index (Phi) is 41.8. The van der Waals surface area contributed by atoms with Crippen molar-refractivity contribution in [2.45, 2.75) is 102 Å². The summed E-state index contributed by atoms with van der Waals surface area (Å²) in [6, 6.07) is 12.6. The Labute approximate surface area is 702 Å². The monoisotopic (exact) mass is 1870 g/mol. The summed E-state index contributed by atoms with van der Waals surface area (Å²) in [6.07, 6.45) is -2.37. The molecule has 5 heterocycles. The van der Waals surface area contributed by atoms with Crippen LogP contribution in [0.5, 0.6) is 11.5 Å². The summed E-state index contributed by atoms with van der Waals surface area (Å²) in [6.45, 7) is 0.252. The third kappa shape index (κ3) is 37.8. The number of ether oxygens (including phenoxy) is 10. The summed E-state index contributed by atoms with van der Waals surface area (Å²) in [7, 11) is -31.4. The van der Waals surface area contributed by atoms with Crippen molar-refractivity contribution in [1.82, 2.24) is 45.4 Å². The number of aromatic nitrogens is 5. The van der Waals surface area contributed by atoms with Gasteiger partial charge in [0.05, 0.1) is 81.5 Å². The van der Waals surface area contributed by atoms with E-state index in [-0.39, 0.29) is 118 Å². The number of nitrogen functional groups attached to an aromatic ring is 2. The fourth-order valence-corrected chi connectivity index (χ4v) is 16.6. The largest absolute Gasteiger partial charge is 0.756 e. The van der Waals surface area contributed by atoms with Crippen molar-refractivity contribution in [2.75, 3.05) is 118 Å². The number of anilines is 2. The van der Waals surface area contributed by atoms with Gasteiger partial charge >= 0.3 is 44.8 Å². The first-order valence-corrected chi connectivity index (χ1v) is 44.9. The van der Waals surface area contributed by atoms with Gasteiger partial charge < -0.3 is 133 Å². The number of amides is 4. The molecule has 0 spiro atoms. The van der Waals surface area contributed by atoms with Gasteiger partial charge in [0.1, 0.15) is 97.8 Å². The molecular weight excluding hydrogens is 1780 g/mol. The van der Waals surface area contributed by atoms with Gasteiger partial charge in [0, 0.05) is 86.3 Å². The van der Waals surface area contributed by atoms with Crippen LogP contribution in [0.3, 0.4) is 0 Å². The molecule has 8 unspecified atom stereocenters. The average Bonchev–Trinajstić information content (AvgIpc) is 1.61. The van der Waals surface area contributed by atoms with Crippen molar-refractivity contribution in [3.8, 4) is 35.2 Å². The summed E-state index contributed by atoms with van der Waals surface area (Å²) in [5.74, 6) is 9.69. The first kappa shape index (κ1) is 103. The van der Waals surface area contributed by atoms with E-state index >= 15 is 0 Å². The van der Waals surface area contributed by atoms with Gasteiger partial charge in [-0.15, -0.1) is 0 Å². The molecule has 0 bridgehead atoms. The highest BCUT2D eigenvalue weighted by molar-refractivity contribution is 7.67. The van der Waals surface area contributed by atoms with Crippen LogP contribution in [0.2, 0.25) is 0 Å². The first-order valence-electron chi connectivity index (χ1n) is 35.9. The third-order valence-electron chi connectivity index (χ3n) is 15.9. The molecule has 2 aromatic carbocycles. The van der Waals surface area contributed by atoms with E-state index in [1.54, 1.807) is 47.2 Å². The number of phosphoric acid groups is 6. The zero-order valence-corrected chi connectivity index (χ0v) is 71.1. The van der Waals surface area contributed by atoms with E-state index < -0.39 is 134 Å². The number of ketones is 2. The Bertz CT molecular complexity index is 5140. The summed E-state index contributed by atoms with van der Waals surface area (Å²) in [5, 5.41) is 17.9. The van der Waals surface area contributed by atoms with E-state index in [1.165, 1.54) is 52.7 Å². The van der Waals surface area contributed by atoms with Gasteiger partial charge in [-0.1, -0.05) is 46.0 Å². The number of hydrogen-bond donors (Lipinski definition) is 13. The lowest BCUT2D eigenvalue weighted by atomic mass is 10.2. The third-order valence-corrected chi connectivity index (χ3v) is 23.5. The van der Waals surface area contributed by atoms with E-state index in [0.29, 0.717) is 72.3 Å². The zero-order chi connectivity index (χ0) is 91.4. The van der Waals surface area contributed by atoms with Crippen LogP contribution in [0.25, 0.3) is 31.9 Å². The Morgan fingerprint density at radius 1 is 0.621 bits per heavy atom. The number of azide groups is 2. The van der Waals surface area contributed by atoms with Gasteiger partial charge in [-0.05, 0) is 74.1 Å². The van der Waals surface area contributed by atoms with E-state index in [0.717, 1.165) is 4.57 Å². The average molecular weight is 1870 g/mol. The van der Waals surface area contributed by atoms with Gasteiger partial charge in [-0.25, -0.2) is 41.9 Å². The fourth-order valence-electron chi connectivity index (χ4n) is 10.6. The number of nitrogens with one attached hydrogen (secondary N) is 4. The van der Waals surface area contributed by atoms with Crippen LogP contribution in [0.4, 0.5) is 11.6 Å². The molecule has 15 N–H and O–H groups in total. The van der Waals surface area contributed by atoms with Crippen LogP contribution in [0.15, 0.2) is 82.3 Å². The van der Waals surface area contributed by atoms with E-state index in [1.807, 2.05) is 0 Å². The zero-order valence-electron chi connectivity index (χ0n) is 65.7. The number of carbonyl (C=O) groups excluding carboxylic acids is 6. The second kappa shape index (κ2) is 50.1. The lowest BCUT2D eigenvalue weighted by Gasteiger charge is -2.22. The number of hydrogen-bond acceptors (Lipinski definition) is 37.